The van der Waals surface area contributed by atoms with Crippen LogP contribution in [0.25, 0.3) is 10.8 Å². The smallest absolute Gasteiger partial charge is 0.305 e. The highest BCUT2D eigenvalue weighted by Gasteiger charge is 2.27. The molecule has 0 radical (unpaired) electrons. The van der Waals surface area contributed by atoms with Gasteiger partial charge in [-0.25, -0.2) is 0 Å². The molecule has 2 atom stereocenters. The first kappa shape index (κ1) is 23.9. The van der Waals surface area contributed by atoms with E-state index < -0.39 is 0 Å². The Balaban J connectivity index is 1.33. The third-order valence-electron chi connectivity index (χ3n) is 6.85. The molecule has 0 aliphatic carbocycles. The van der Waals surface area contributed by atoms with Gasteiger partial charge in [-0.1, -0.05) is 66.7 Å². The number of hydrogen-bond donors (Lipinski definition) is 1. The quantitative estimate of drug-likeness (QED) is 0.305. The van der Waals surface area contributed by atoms with Gasteiger partial charge in [-0.3, -0.25) is 4.79 Å². The van der Waals surface area contributed by atoms with Gasteiger partial charge in [0.2, 0.25) is 0 Å². The SMILES string of the molecule is COC(=O)CCc1cccc(N2CC(CN[C@H](C)c3cccc4ccccc34)Oc3ccccc32)c1. The average molecular weight is 481 g/mol. The number of carbonyl (C=O) groups is 1. The molecule has 1 aliphatic rings. The minimum Gasteiger partial charge on any atom is -0.485 e. The van der Waals surface area contributed by atoms with Crippen LogP contribution in [0.3, 0.4) is 0 Å². The minimum absolute atomic E-state index is 0.0175. The summed E-state index contributed by atoms with van der Waals surface area (Å²) in [5, 5.41) is 6.24. The van der Waals surface area contributed by atoms with Crippen molar-refractivity contribution in [2.75, 3.05) is 25.1 Å². The summed E-state index contributed by atoms with van der Waals surface area (Å²) < 4.78 is 11.2. The van der Waals surface area contributed by atoms with E-state index in [1.165, 1.54) is 23.4 Å². The molecule has 0 fully saturated rings. The molecule has 184 valence electrons. The summed E-state index contributed by atoms with van der Waals surface area (Å²) in [6.07, 6.45) is 1.01. The van der Waals surface area contributed by atoms with Crippen molar-refractivity contribution in [2.45, 2.75) is 31.9 Å². The minimum atomic E-state index is -0.191. The van der Waals surface area contributed by atoms with E-state index in [9.17, 15) is 4.79 Å². The lowest BCUT2D eigenvalue weighted by Gasteiger charge is -2.37. The number of hydrogen-bond acceptors (Lipinski definition) is 5. The molecule has 0 bridgehead atoms. The molecular weight excluding hydrogens is 448 g/mol. The number of aryl methyl sites for hydroxylation is 1. The summed E-state index contributed by atoms with van der Waals surface area (Å²) in [5.74, 6) is 0.692. The molecule has 0 amide bonds. The Morgan fingerprint density at radius 2 is 1.81 bits per heavy atom. The van der Waals surface area contributed by atoms with Crippen LogP contribution in [-0.2, 0) is 16.0 Å². The van der Waals surface area contributed by atoms with Gasteiger partial charge in [-0.05, 0) is 59.5 Å². The van der Waals surface area contributed by atoms with Gasteiger partial charge in [0.1, 0.15) is 11.9 Å². The Labute approximate surface area is 212 Å². The highest BCUT2D eigenvalue weighted by atomic mass is 16.5. The fraction of sp³-hybridized carbons (Fsp3) is 0.258. The molecule has 1 N–H and O–H groups in total. The molecule has 0 spiro atoms. The third-order valence-corrected chi connectivity index (χ3v) is 6.85. The lowest BCUT2D eigenvalue weighted by atomic mass is 9.99. The largest absolute Gasteiger partial charge is 0.485 e. The van der Waals surface area contributed by atoms with Gasteiger partial charge >= 0.3 is 5.97 Å². The maximum absolute atomic E-state index is 11.6. The van der Waals surface area contributed by atoms with E-state index in [1.54, 1.807) is 0 Å². The number of nitrogens with zero attached hydrogens (tertiary/aromatic N) is 1. The number of nitrogens with one attached hydrogen (secondary N) is 1. The van der Waals surface area contributed by atoms with Crippen molar-refractivity contribution < 1.29 is 14.3 Å². The molecule has 1 heterocycles. The average Bonchev–Trinajstić information content (AvgIpc) is 2.94. The van der Waals surface area contributed by atoms with Crippen molar-refractivity contribution in [3.05, 3.63) is 102 Å². The van der Waals surface area contributed by atoms with Crippen molar-refractivity contribution in [2.24, 2.45) is 0 Å². The first-order valence-corrected chi connectivity index (χ1v) is 12.5. The summed E-state index contributed by atoms with van der Waals surface area (Å²) >= 11 is 0. The summed E-state index contributed by atoms with van der Waals surface area (Å²) in [6, 6.07) is 31.7. The molecule has 36 heavy (non-hydrogen) atoms. The predicted molar refractivity (Wildman–Crippen MR) is 145 cm³/mol. The van der Waals surface area contributed by atoms with Gasteiger partial charge in [0.15, 0.2) is 0 Å². The monoisotopic (exact) mass is 480 g/mol. The van der Waals surface area contributed by atoms with E-state index in [-0.39, 0.29) is 18.1 Å². The molecule has 5 nitrogen and oxygen atoms in total. The second-order valence-electron chi connectivity index (χ2n) is 9.26. The summed E-state index contributed by atoms with van der Waals surface area (Å²) in [6.45, 7) is 3.66. The van der Waals surface area contributed by atoms with E-state index in [4.69, 9.17) is 9.47 Å². The number of esters is 1. The number of carbonyl (C=O) groups excluding carboxylic acids is 1. The zero-order valence-electron chi connectivity index (χ0n) is 20.8. The van der Waals surface area contributed by atoms with Crippen LogP contribution < -0.4 is 15.0 Å². The fourth-order valence-corrected chi connectivity index (χ4v) is 4.92. The maximum Gasteiger partial charge on any atom is 0.305 e. The van der Waals surface area contributed by atoms with E-state index >= 15 is 0 Å². The van der Waals surface area contributed by atoms with Crippen LogP contribution in [0.15, 0.2) is 91.0 Å². The number of para-hydroxylation sites is 2. The number of benzene rings is 4. The normalized spacial score (nSPS) is 15.7. The second kappa shape index (κ2) is 10.8. The van der Waals surface area contributed by atoms with Gasteiger partial charge in [0.25, 0.3) is 0 Å². The molecule has 4 aromatic carbocycles. The van der Waals surface area contributed by atoms with Crippen LogP contribution in [-0.4, -0.2) is 32.3 Å². The standard InChI is InChI=1S/C31H32N2O3/c1-22(27-14-8-11-24-10-3-4-13-28(24)27)32-20-26-21-33(29-15-5-6-16-30(29)36-26)25-12-7-9-23(19-25)17-18-31(34)35-2/h3-16,19,22,26,32H,17-18,20-21H2,1-2H3/t22-,26?/m1/s1. The van der Waals surface area contributed by atoms with E-state index in [2.05, 4.69) is 89.9 Å². The Bertz CT molecular complexity index is 1350. The predicted octanol–water partition coefficient (Wildman–Crippen LogP) is 6.20. The van der Waals surface area contributed by atoms with Crippen molar-refractivity contribution >= 4 is 28.1 Å². The number of rotatable bonds is 8. The molecule has 0 saturated heterocycles. The molecular formula is C31H32N2O3. The molecule has 1 aliphatic heterocycles. The number of fused-ring (bicyclic) bond motifs is 2. The highest BCUT2D eigenvalue weighted by Crippen LogP contribution is 2.38. The first-order chi connectivity index (χ1) is 17.6. The fourth-order valence-electron chi connectivity index (χ4n) is 4.92. The molecule has 5 rings (SSSR count). The topological polar surface area (TPSA) is 50.8 Å². The van der Waals surface area contributed by atoms with Crippen LogP contribution >= 0.6 is 0 Å². The number of ether oxygens (including phenoxy) is 2. The van der Waals surface area contributed by atoms with Crippen LogP contribution in [0.2, 0.25) is 0 Å². The zero-order chi connectivity index (χ0) is 24.9. The van der Waals surface area contributed by atoms with Gasteiger partial charge in [0.05, 0.1) is 19.3 Å². The second-order valence-corrected chi connectivity index (χ2v) is 9.26. The van der Waals surface area contributed by atoms with Gasteiger partial charge in [0, 0.05) is 24.7 Å². The van der Waals surface area contributed by atoms with Crippen LogP contribution in [0, 0.1) is 0 Å². The maximum atomic E-state index is 11.6. The van der Waals surface area contributed by atoms with Crippen molar-refractivity contribution in [3.63, 3.8) is 0 Å². The van der Waals surface area contributed by atoms with Crippen LogP contribution in [0.5, 0.6) is 5.75 Å². The molecule has 5 heteroatoms. The van der Waals surface area contributed by atoms with Crippen LogP contribution in [0.4, 0.5) is 11.4 Å². The Hall–Kier alpha value is -3.83. The number of anilines is 2. The number of methoxy groups -OCH3 is 1. The summed E-state index contributed by atoms with van der Waals surface area (Å²) in [5.41, 5.74) is 4.56. The van der Waals surface area contributed by atoms with Crippen molar-refractivity contribution in [1.82, 2.24) is 5.32 Å². The highest BCUT2D eigenvalue weighted by molar-refractivity contribution is 5.86. The van der Waals surface area contributed by atoms with Gasteiger partial charge < -0.3 is 19.7 Å². The Morgan fingerprint density at radius 1 is 1.03 bits per heavy atom. The van der Waals surface area contributed by atoms with E-state index in [0.29, 0.717) is 12.8 Å². The van der Waals surface area contributed by atoms with Gasteiger partial charge in [-0.15, -0.1) is 0 Å². The zero-order valence-corrected chi connectivity index (χ0v) is 20.8. The molecule has 0 aromatic heterocycles. The Kier molecular flexibility index (Phi) is 7.19. The first-order valence-electron chi connectivity index (χ1n) is 12.5. The molecule has 4 aromatic rings. The van der Waals surface area contributed by atoms with E-state index in [1.807, 2.05) is 18.2 Å². The molecule has 0 saturated carbocycles. The Morgan fingerprint density at radius 3 is 2.69 bits per heavy atom. The van der Waals surface area contributed by atoms with Crippen molar-refractivity contribution in [3.8, 4) is 5.75 Å². The summed E-state index contributed by atoms with van der Waals surface area (Å²) in [4.78, 5) is 13.9. The van der Waals surface area contributed by atoms with Crippen LogP contribution in [0.1, 0.15) is 30.5 Å². The lowest BCUT2D eigenvalue weighted by molar-refractivity contribution is -0.140. The van der Waals surface area contributed by atoms with E-state index in [0.717, 1.165) is 35.8 Å². The third kappa shape index (κ3) is 5.21. The summed E-state index contributed by atoms with van der Waals surface area (Å²) in [7, 11) is 1.43. The molecule has 1 unspecified atom stereocenters. The van der Waals surface area contributed by atoms with Crippen molar-refractivity contribution in [1.29, 1.82) is 0 Å². The van der Waals surface area contributed by atoms with Gasteiger partial charge in [-0.2, -0.15) is 0 Å². The lowest BCUT2D eigenvalue weighted by Crippen LogP contribution is -2.44.